The number of rotatable bonds is 5. The van der Waals surface area contributed by atoms with Gasteiger partial charge in [0.2, 0.25) is 6.10 Å². The van der Waals surface area contributed by atoms with Crippen molar-refractivity contribution in [3.63, 3.8) is 0 Å². The van der Waals surface area contributed by atoms with Gasteiger partial charge in [0.15, 0.2) is 0 Å². The van der Waals surface area contributed by atoms with Crippen LogP contribution in [-0.4, -0.2) is 26.1 Å². The van der Waals surface area contributed by atoms with Crippen LogP contribution < -0.4 is 4.74 Å². The highest BCUT2D eigenvalue weighted by Crippen LogP contribution is 2.30. The number of carbonyl (C=O) groups is 1. The Bertz CT molecular complexity index is 1140. The van der Waals surface area contributed by atoms with E-state index in [0.717, 1.165) is 16.6 Å². The minimum atomic E-state index is -1.22. The van der Waals surface area contributed by atoms with Crippen molar-refractivity contribution in [2.45, 2.75) is 13.0 Å². The van der Waals surface area contributed by atoms with Gasteiger partial charge in [-0.2, -0.15) is 0 Å². The molecular formula is C21H16ClN3O3. The number of ether oxygens (including phenoxy) is 1. The monoisotopic (exact) mass is 393 g/mol. The van der Waals surface area contributed by atoms with Crippen LogP contribution in [0, 0.1) is 6.92 Å². The predicted octanol–water partition coefficient (Wildman–Crippen LogP) is 4.59. The van der Waals surface area contributed by atoms with Crippen LogP contribution in [0.1, 0.15) is 17.2 Å². The summed E-state index contributed by atoms with van der Waals surface area (Å²) >= 11 is 6.02. The van der Waals surface area contributed by atoms with E-state index in [4.69, 9.17) is 16.3 Å². The molecule has 0 aliphatic heterocycles. The van der Waals surface area contributed by atoms with Gasteiger partial charge in [0.1, 0.15) is 22.5 Å². The van der Waals surface area contributed by atoms with Gasteiger partial charge >= 0.3 is 5.97 Å². The molecule has 1 aromatic heterocycles. The van der Waals surface area contributed by atoms with Crippen LogP contribution in [0.3, 0.4) is 0 Å². The van der Waals surface area contributed by atoms with E-state index >= 15 is 0 Å². The first-order chi connectivity index (χ1) is 13.5. The fraction of sp³-hybridized carbons (Fsp3) is 0.0952. The van der Waals surface area contributed by atoms with Crippen LogP contribution in [0.4, 0.5) is 0 Å². The molecule has 3 aromatic carbocycles. The van der Waals surface area contributed by atoms with Gasteiger partial charge in [-0.1, -0.05) is 41.9 Å². The normalized spacial score (nSPS) is 12.1. The summed E-state index contributed by atoms with van der Waals surface area (Å²) in [5.74, 6) is -0.759. The van der Waals surface area contributed by atoms with E-state index in [1.807, 2.05) is 43.3 Å². The summed E-state index contributed by atoms with van der Waals surface area (Å²) in [6.45, 7) is 1.93. The van der Waals surface area contributed by atoms with Gasteiger partial charge in [-0.25, -0.2) is 4.79 Å². The lowest BCUT2D eigenvalue weighted by molar-refractivity contribution is -0.145. The fourth-order valence-electron chi connectivity index (χ4n) is 2.91. The lowest BCUT2D eigenvalue weighted by atomic mass is 10.1. The van der Waals surface area contributed by atoms with Crippen molar-refractivity contribution >= 4 is 28.6 Å². The Labute approximate surface area is 165 Å². The summed E-state index contributed by atoms with van der Waals surface area (Å²) < 4.78 is 5.89. The zero-order chi connectivity index (χ0) is 19.7. The standard InChI is InChI=1S/C21H16ClN3O3/c1-13-9-10-19(28-20(21(26)27)14-5-4-6-15(22)12-14)18(11-13)25-23-16-7-2-3-8-17(16)24-25/h2-12,20H,1H3,(H,26,27). The fourth-order valence-corrected chi connectivity index (χ4v) is 3.11. The molecule has 28 heavy (non-hydrogen) atoms. The van der Waals surface area contributed by atoms with Crippen LogP contribution >= 0.6 is 11.6 Å². The molecule has 0 aliphatic carbocycles. The first-order valence-corrected chi connectivity index (χ1v) is 8.97. The zero-order valence-electron chi connectivity index (χ0n) is 14.9. The average Bonchev–Trinajstić information content (AvgIpc) is 3.10. The molecule has 1 atom stereocenters. The quantitative estimate of drug-likeness (QED) is 0.536. The largest absolute Gasteiger partial charge is 0.478 e. The van der Waals surface area contributed by atoms with E-state index in [1.54, 1.807) is 30.3 Å². The summed E-state index contributed by atoms with van der Waals surface area (Å²) in [7, 11) is 0. The Hall–Kier alpha value is -3.38. The van der Waals surface area contributed by atoms with Crippen molar-refractivity contribution in [2.75, 3.05) is 0 Å². The second-order valence-electron chi connectivity index (χ2n) is 6.34. The molecule has 140 valence electrons. The summed E-state index contributed by atoms with van der Waals surface area (Å²) in [5.41, 5.74) is 3.45. The van der Waals surface area contributed by atoms with E-state index in [1.165, 1.54) is 4.80 Å². The Balaban J connectivity index is 1.78. The van der Waals surface area contributed by atoms with Crippen molar-refractivity contribution in [2.24, 2.45) is 0 Å². The number of halogens is 1. The molecule has 0 saturated carbocycles. The molecule has 0 fully saturated rings. The Morgan fingerprint density at radius 1 is 1.04 bits per heavy atom. The number of hydrogen-bond donors (Lipinski definition) is 1. The SMILES string of the molecule is Cc1ccc(OC(C(=O)O)c2cccc(Cl)c2)c(-n2nc3ccccc3n2)c1. The molecule has 1 N–H and O–H groups in total. The molecule has 6 nitrogen and oxygen atoms in total. The van der Waals surface area contributed by atoms with Gasteiger partial charge in [0.05, 0.1) is 0 Å². The number of carboxylic acid groups (broad SMARTS) is 1. The van der Waals surface area contributed by atoms with E-state index < -0.39 is 12.1 Å². The lowest BCUT2D eigenvalue weighted by Gasteiger charge is -2.18. The zero-order valence-corrected chi connectivity index (χ0v) is 15.7. The van der Waals surface area contributed by atoms with Gasteiger partial charge in [0, 0.05) is 10.6 Å². The predicted molar refractivity (Wildman–Crippen MR) is 106 cm³/mol. The molecular weight excluding hydrogens is 378 g/mol. The molecule has 0 aliphatic rings. The molecule has 4 rings (SSSR count). The Kier molecular flexibility index (Phi) is 4.71. The highest BCUT2D eigenvalue weighted by molar-refractivity contribution is 6.30. The van der Waals surface area contributed by atoms with Gasteiger partial charge in [-0.3, -0.25) is 0 Å². The van der Waals surface area contributed by atoms with Crippen LogP contribution in [0.25, 0.3) is 16.7 Å². The number of hydrogen-bond acceptors (Lipinski definition) is 4. The molecule has 4 aromatic rings. The molecule has 0 bridgehead atoms. The third-order valence-corrected chi connectivity index (χ3v) is 4.47. The minimum absolute atomic E-state index is 0.360. The number of carboxylic acids is 1. The van der Waals surface area contributed by atoms with Gasteiger partial charge in [-0.05, 0) is 48.9 Å². The first-order valence-electron chi connectivity index (χ1n) is 8.59. The van der Waals surface area contributed by atoms with E-state index in [0.29, 0.717) is 22.0 Å². The van der Waals surface area contributed by atoms with E-state index in [2.05, 4.69) is 10.2 Å². The van der Waals surface area contributed by atoms with Crippen LogP contribution in [0.2, 0.25) is 5.02 Å². The van der Waals surface area contributed by atoms with Crippen molar-refractivity contribution in [1.82, 2.24) is 15.0 Å². The number of benzene rings is 3. The molecule has 1 unspecified atom stereocenters. The smallest absolute Gasteiger partial charge is 0.349 e. The number of aryl methyl sites for hydroxylation is 1. The first kappa shape index (κ1) is 18.0. The van der Waals surface area contributed by atoms with E-state index in [-0.39, 0.29) is 0 Å². The van der Waals surface area contributed by atoms with Crippen molar-refractivity contribution in [3.05, 3.63) is 82.9 Å². The summed E-state index contributed by atoms with van der Waals surface area (Å²) in [4.78, 5) is 13.3. The second kappa shape index (κ2) is 7.32. The third kappa shape index (κ3) is 3.54. The number of fused-ring (bicyclic) bond motifs is 1. The lowest BCUT2D eigenvalue weighted by Crippen LogP contribution is -2.19. The van der Waals surface area contributed by atoms with Gasteiger partial charge < -0.3 is 9.84 Å². The molecule has 0 radical (unpaired) electrons. The maximum Gasteiger partial charge on any atom is 0.349 e. The summed E-state index contributed by atoms with van der Waals surface area (Å²) in [6, 6.07) is 19.5. The maximum atomic E-state index is 11.9. The number of aromatic nitrogens is 3. The topological polar surface area (TPSA) is 77.2 Å². The molecule has 0 saturated heterocycles. The van der Waals surface area contributed by atoms with E-state index in [9.17, 15) is 9.90 Å². The van der Waals surface area contributed by atoms with Crippen LogP contribution in [-0.2, 0) is 4.79 Å². The van der Waals surface area contributed by atoms with Crippen LogP contribution in [0.15, 0.2) is 66.7 Å². The minimum Gasteiger partial charge on any atom is -0.478 e. The molecule has 7 heteroatoms. The van der Waals surface area contributed by atoms with Crippen molar-refractivity contribution < 1.29 is 14.6 Å². The van der Waals surface area contributed by atoms with Crippen molar-refractivity contribution in [1.29, 1.82) is 0 Å². The second-order valence-corrected chi connectivity index (χ2v) is 6.78. The van der Waals surface area contributed by atoms with Gasteiger partial charge in [-0.15, -0.1) is 15.0 Å². The molecule has 0 amide bonds. The van der Waals surface area contributed by atoms with Crippen molar-refractivity contribution in [3.8, 4) is 11.4 Å². The third-order valence-electron chi connectivity index (χ3n) is 4.24. The highest BCUT2D eigenvalue weighted by atomic mass is 35.5. The van der Waals surface area contributed by atoms with Crippen LogP contribution in [0.5, 0.6) is 5.75 Å². The summed E-state index contributed by atoms with van der Waals surface area (Å²) in [6.07, 6.45) is -1.22. The maximum absolute atomic E-state index is 11.9. The molecule has 1 heterocycles. The summed E-state index contributed by atoms with van der Waals surface area (Å²) in [5, 5.41) is 19.1. The molecule has 0 spiro atoms. The number of nitrogens with zero attached hydrogens (tertiary/aromatic N) is 3. The highest BCUT2D eigenvalue weighted by Gasteiger charge is 2.24. The Morgan fingerprint density at radius 2 is 1.75 bits per heavy atom. The average molecular weight is 394 g/mol. The number of aliphatic carboxylic acids is 1. The van der Waals surface area contributed by atoms with Gasteiger partial charge in [0.25, 0.3) is 0 Å². The Morgan fingerprint density at radius 3 is 2.39 bits per heavy atom.